The van der Waals surface area contributed by atoms with Crippen LogP contribution in [0.2, 0.25) is 0 Å². The second kappa shape index (κ2) is 4.47. The second-order valence-corrected chi connectivity index (χ2v) is 6.36. The molecule has 0 N–H and O–H groups in total. The van der Waals surface area contributed by atoms with Crippen molar-refractivity contribution in [1.82, 2.24) is 0 Å². The van der Waals surface area contributed by atoms with Crippen LogP contribution >= 0.6 is 0 Å². The lowest BCUT2D eigenvalue weighted by Crippen LogP contribution is -2.16. The number of rotatable bonds is 0. The van der Waals surface area contributed by atoms with Crippen molar-refractivity contribution in [3.8, 4) is 0 Å². The molecule has 3 saturated carbocycles. The molecule has 4 atom stereocenters. The summed E-state index contributed by atoms with van der Waals surface area (Å²) in [4.78, 5) is 0. The molecule has 0 nitrogen and oxygen atoms in total. The van der Waals surface area contributed by atoms with Gasteiger partial charge in [-0.3, -0.25) is 0 Å². The molecule has 3 rings (SSSR count). The molecule has 3 fully saturated rings. The van der Waals surface area contributed by atoms with Gasteiger partial charge in [-0.15, -0.1) is 0 Å². The maximum atomic E-state index is 1.62. The van der Waals surface area contributed by atoms with Gasteiger partial charge in [0.2, 0.25) is 0 Å². The summed E-state index contributed by atoms with van der Waals surface area (Å²) in [5.74, 6) is 4.63. The van der Waals surface area contributed by atoms with Gasteiger partial charge in [-0.25, -0.2) is 0 Å². The van der Waals surface area contributed by atoms with Gasteiger partial charge in [-0.1, -0.05) is 51.4 Å². The topological polar surface area (TPSA) is 0 Å². The Morgan fingerprint density at radius 3 is 1.47 bits per heavy atom. The molecule has 0 radical (unpaired) electrons. The molecule has 4 unspecified atom stereocenters. The maximum Gasteiger partial charge on any atom is -0.0355 e. The Labute approximate surface area is 94.8 Å². The molecule has 0 bridgehead atoms. The van der Waals surface area contributed by atoms with Crippen LogP contribution in [0.1, 0.15) is 70.6 Å². The lowest BCUT2D eigenvalue weighted by molar-refractivity contribution is 0.256. The summed E-state index contributed by atoms with van der Waals surface area (Å²) in [7, 11) is 0. The summed E-state index contributed by atoms with van der Waals surface area (Å²) in [6, 6.07) is 0. The standard InChI is InChI=1S/C15H26/c1-3-7-12-11-13-8-4-2-6-10-15(13)14(12)9-5-1/h12-15H,1-11H2. The van der Waals surface area contributed by atoms with Crippen LogP contribution in [0, 0.1) is 23.7 Å². The Hall–Kier alpha value is 0. The van der Waals surface area contributed by atoms with E-state index in [0.717, 1.165) is 23.7 Å². The Balaban J connectivity index is 1.74. The van der Waals surface area contributed by atoms with Gasteiger partial charge < -0.3 is 0 Å². The van der Waals surface area contributed by atoms with Gasteiger partial charge in [0.1, 0.15) is 0 Å². The fraction of sp³-hybridized carbons (Fsp3) is 1.00. The fourth-order valence-corrected chi connectivity index (χ4v) is 4.93. The van der Waals surface area contributed by atoms with Crippen molar-refractivity contribution in [3.05, 3.63) is 0 Å². The first-order valence-corrected chi connectivity index (χ1v) is 7.45. The highest BCUT2D eigenvalue weighted by atomic mass is 14.5. The molecule has 0 saturated heterocycles. The number of hydrogen-bond donors (Lipinski definition) is 0. The van der Waals surface area contributed by atoms with Crippen molar-refractivity contribution in [1.29, 1.82) is 0 Å². The first-order chi connectivity index (χ1) is 7.45. The minimum Gasteiger partial charge on any atom is -0.0533 e. The Kier molecular flexibility index (Phi) is 3.03. The zero-order valence-electron chi connectivity index (χ0n) is 10.1. The highest BCUT2D eigenvalue weighted by molar-refractivity contribution is 4.92. The highest BCUT2D eigenvalue weighted by Gasteiger charge is 2.42. The molecule has 0 aromatic rings. The molecule has 86 valence electrons. The van der Waals surface area contributed by atoms with E-state index in [4.69, 9.17) is 0 Å². The van der Waals surface area contributed by atoms with E-state index in [0.29, 0.717) is 0 Å². The zero-order chi connectivity index (χ0) is 10.1. The minimum absolute atomic E-state index is 1.15. The summed E-state index contributed by atoms with van der Waals surface area (Å²) < 4.78 is 0. The third kappa shape index (κ3) is 1.97. The summed E-state index contributed by atoms with van der Waals surface area (Å²) in [6.07, 6.45) is 17.2. The monoisotopic (exact) mass is 206 g/mol. The average Bonchev–Trinajstić information content (AvgIpc) is 2.51. The van der Waals surface area contributed by atoms with Gasteiger partial charge in [0.15, 0.2) is 0 Å². The fourth-order valence-electron chi connectivity index (χ4n) is 4.93. The largest absolute Gasteiger partial charge is 0.0533 e. The molecule has 0 spiro atoms. The smallest absolute Gasteiger partial charge is 0.0355 e. The first-order valence-electron chi connectivity index (χ1n) is 7.45. The molecule has 3 aliphatic rings. The van der Waals surface area contributed by atoms with E-state index in [1.807, 2.05) is 0 Å². The van der Waals surface area contributed by atoms with Crippen LogP contribution in [0.25, 0.3) is 0 Å². The van der Waals surface area contributed by atoms with Gasteiger partial charge in [0.05, 0.1) is 0 Å². The van der Waals surface area contributed by atoms with Gasteiger partial charge in [-0.05, 0) is 42.9 Å². The third-order valence-electron chi connectivity index (χ3n) is 5.59. The van der Waals surface area contributed by atoms with Crippen molar-refractivity contribution < 1.29 is 0 Å². The molecule has 0 heterocycles. The predicted octanol–water partition coefficient (Wildman–Crippen LogP) is 4.78. The van der Waals surface area contributed by atoms with Crippen molar-refractivity contribution >= 4 is 0 Å². The molecule has 15 heavy (non-hydrogen) atoms. The Morgan fingerprint density at radius 1 is 0.467 bits per heavy atom. The molecule has 0 aliphatic heterocycles. The zero-order valence-corrected chi connectivity index (χ0v) is 10.1. The van der Waals surface area contributed by atoms with E-state index in [9.17, 15) is 0 Å². The van der Waals surface area contributed by atoms with E-state index >= 15 is 0 Å². The van der Waals surface area contributed by atoms with E-state index in [1.54, 1.807) is 57.8 Å². The van der Waals surface area contributed by atoms with Crippen LogP contribution in [-0.4, -0.2) is 0 Å². The van der Waals surface area contributed by atoms with Gasteiger partial charge >= 0.3 is 0 Å². The van der Waals surface area contributed by atoms with Crippen molar-refractivity contribution in [3.63, 3.8) is 0 Å². The molecular formula is C15H26. The summed E-state index contributed by atoms with van der Waals surface area (Å²) >= 11 is 0. The first kappa shape index (κ1) is 10.2. The van der Waals surface area contributed by atoms with Crippen molar-refractivity contribution in [2.24, 2.45) is 23.7 Å². The summed E-state index contributed by atoms with van der Waals surface area (Å²) in [5.41, 5.74) is 0. The molecule has 0 amide bonds. The molecule has 0 aromatic carbocycles. The SMILES string of the molecule is C1CCC2CC3CCCCCC3C2CC1. The van der Waals surface area contributed by atoms with E-state index in [2.05, 4.69) is 0 Å². The van der Waals surface area contributed by atoms with Crippen LogP contribution in [0.5, 0.6) is 0 Å². The van der Waals surface area contributed by atoms with Crippen LogP contribution in [0.4, 0.5) is 0 Å². The average molecular weight is 206 g/mol. The van der Waals surface area contributed by atoms with Gasteiger partial charge in [0, 0.05) is 0 Å². The summed E-state index contributed by atoms with van der Waals surface area (Å²) in [6.45, 7) is 0. The van der Waals surface area contributed by atoms with Crippen molar-refractivity contribution in [2.75, 3.05) is 0 Å². The van der Waals surface area contributed by atoms with E-state index in [1.165, 1.54) is 12.8 Å². The predicted molar refractivity (Wildman–Crippen MR) is 64.7 cm³/mol. The van der Waals surface area contributed by atoms with Crippen LogP contribution in [0.3, 0.4) is 0 Å². The second-order valence-electron chi connectivity index (χ2n) is 6.36. The maximum absolute atomic E-state index is 1.62. The number of fused-ring (bicyclic) bond motifs is 3. The van der Waals surface area contributed by atoms with E-state index in [-0.39, 0.29) is 0 Å². The Morgan fingerprint density at radius 2 is 0.933 bits per heavy atom. The quantitative estimate of drug-likeness (QED) is 0.535. The van der Waals surface area contributed by atoms with Crippen molar-refractivity contribution in [2.45, 2.75) is 70.6 Å². The molecule has 3 aliphatic carbocycles. The van der Waals surface area contributed by atoms with Gasteiger partial charge in [0.25, 0.3) is 0 Å². The summed E-state index contributed by atoms with van der Waals surface area (Å²) in [5, 5.41) is 0. The third-order valence-corrected chi connectivity index (χ3v) is 5.59. The number of hydrogen-bond acceptors (Lipinski definition) is 0. The Bertz CT molecular complexity index is 186. The lowest BCUT2D eigenvalue weighted by atomic mass is 9.81. The lowest BCUT2D eigenvalue weighted by Gasteiger charge is -2.24. The van der Waals surface area contributed by atoms with Crippen LogP contribution < -0.4 is 0 Å². The van der Waals surface area contributed by atoms with E-state index < -0.39 is 0 Å². The normalized spacial score (nSPS) is 46.4. The van der Waals surface area contributed by atoms with Crippen LogP contribution in [0.15, 0.2) is 0 Å². The molecule has 0 heteroatoms. The molecular weight excluding hydrogens is 180 g/mol. The van der Waals surface area contributed by atoms with Gasteiger partial charge in [-0.2, -0.15) is 0 Å². The van der Waals surface area contributed by atoms with Crippen LogP contribution in [-0.2, 0) is 0 Å². The minimum atomic E-state index is 1.15. The highest BCUT2D eigenvalue weighted by Crippen LogP contribution is 2.52. The molecule has 0 aromatic heterocycles.